The fourth-order valence-electron chi connectivity index (χ4n) is 4.19. The third-order valence-electron chi connectivity index (χ3n) is 6.04. The molecule has 5 rings (SSSR count). The molecule has 7 nitrogen and oxygen atoms in total. The fourth-order valence-corrected chi connectivity index (χ4v) is 4.59. The van der Waals surface area contributed by atoms with Crippen molar-refractivity contribution in [2.24, 2.45) is 9.98 Å². The second-order valence-corrected chi connectivity index (χ2v) is 9.26. The van der Waals surface area contributed by atoms with Crippen molar-refractivity contribution in [1.29, 1.82) is 0 Å². The number of aliphatic imine (C=N–C) groups is 2. The normalized spacial score (nSPS) is 16.7. The van der Waals surface area contributed by atoms with E-state index in [-0.39, 0.29) is 18.9 Å². The predicted molar refractivity (Wildman–Crippen MR) is 141 cm³/mol. The number of amides is 2. The van der Waals surface area contributed by atoms with Gasteiger partial charge >= 0.3 is 0 Å². The van der Waals surface area contributed by atoms with Crippen LogP contribution < -0.4 is 5.32 Å². The number of anilines is 1. The summed E-state index contributed by atoms with van der Waals surface area (Å²) in [4.78, 5) is 48.5. The maximum atomic E-state index is 13.0. The number of Topliss-reactive ketones (excluding diaryl/α,β-unsaturated/α-hetero) is 1. The zero-order chi connectivity index (χ0) is 25.4. The number of amidine groups is 1. The minimum Gasteiger partial charge on any atom is -0.342 e. The van der Waals surface area contributed by atoms with Crippen molar-refractivity contribution in [3.05, 3.63) is 99.0 Å². The summed E-state index contributed by atoms with van der Waals surface area (Å²) in [6, 6.07) is 18.5. The summed E-state index contributed by atoms with van der Waals surface area (Å²) in [5.74, 6) is -0.856. The van der Waals surface area contributed by atoms with Gasteiger partial charge in [-0.1, -0.05) is 53.5 Å². The molecule has 3 aromatic carbocycles. The monoisotopic (exact) mass is 518 g/mol. The maximum Gasteiger partial charge on any atom is 0.261 e. The molecule has 2 aliphatic heterocycles. The van der Waals surface area contributed by atoms with Crippen molar-refractivity contribution in [3.8, 4) is 0 Å². The Morgan fingerprint density at radius 2 is 1.61 bits per heavy atom. The van der Waals surface area contributed by atoms with Crippen LogP contribution in [-0.2, 0) is 4.79 Å². The van der Waals surface area contributed by atoms with Crippen molar-refractivity contribution in [2.45, 2.75) is 13.0 Å². The number of nitrogens with zero attached hydrogens (tertiary/aromatic N) is 3. The molecule has 0 radical (unpaired) electrons. The number of halogens is 2. The lowest BCUT2D eigenvalue weighted by atomic mass is 10.0. The van der Waals surface area contributed by atoms with Crippen LogP contribution in [0.3, 0.4) is 0 Å². The van der Waals surface area contributed by atoms with Crippen LogP contribution in [0.15, 0.2) is 76.7 Å². The highest BCUT2D eigenvalue weighted by Gasteiger charge is 2.37. The molecule has 36 heavy (non-hydrogen) atoms. The van der Waals surface area contributed by atoms with Crippen molar-refractivity contribution >= 4 is 58.0 Å². The Morgan fingerprint density at radius 3 is 2.28 bits per heavy atom. The van der Waals surface area contributed by atoms with Crippen LogP contribution in [0.1, 0.15) is 38.8 Å². The van der Waals surface area contributed by atoms with Gasteiger partial charge in [0.2, 0.25) is 0 Å². The Balaban J connectivity index is 1.40. The third kappa shape index (κ3) is 4.43. The number of benzene rings is 3. The molecule has 0 saturated carbocycles. The zero-order valence-corrected chi connectivity index (χ0v) is 20.7. The standard InChI is InChI=1S/C27H20Cl2N4O3/c1-15(23(34)14-33-26(35)17-6-2-3-7-18(17)27(33)36)31-24-13-30-25(19-8-4-5-9-21(19)29)20-12-16(28)10-11-22(20)32-24/h2-12,15H,13-14H2,1H3,(H,31,32). The van der Waals surface area contributed by atoms with Gasteiger partial charge in [0.05, 0.1) is 29.9 Å². The van der Waals surface area contributed by atoms with Crippen molar-refractivity contribution in [1.82, 2.24) is 4.90 Å². The number of fused-ring (bicyclic) bond motifs is 2. The van der Waals surface area contributed by atoms with Crippen LogP contribution in [0.2, 0.25) is 10.0 Å². The van der Waals surface area contributed by atoms with Gasteiger partial charge in [0.15, 0.2) is 5.78 Å². The van der Waals surface area contributed by atoms with E-state index in [4.69, 9.17) is 28.2 Å². The number of ketones is 1. The summed E-state index contributed by atoms with van der Waals surface area (Å²) < 4.78 is 0. The molecule has 0 aliphatic carbocycles. The molecule has 1 atom stereocenters. The third-order valence-corrected chi connectivity index (χ3v) is 6.60. The zero-order valence-electron chi connectivity index (χ0n) is 19.2. The maximum absolute atomic E-state index is 13.0. The molecule has 0 bridgehead atoms. The highest BCUT2D eigenvalue weighted by Crippen LogP contribution is 2.29. The van der Waals surface area contributed by atoms with Crippen LogP contribution in [0.25, 0.3) is 0 Å². The van der Waals surface area contributed by atoms with Crippen LogP contribution in [-0.4, -0.2) is 53.2 Å². The largest absolute Gasteiger partial charge is 0.342 e. The molecular formula is C27H20Cl2N4O3. The van der Waals surface area contributed by atoms with Crippen molar-refractivity contribution in [3.63, 3.8) is 0 Å². The minimum absolute atomic E-state index is 0.164. The predicted octanol–water partition coefficient (Wildman–Crippen LogP) is 4.91. The number of benzodiazepines with no additional fused rings is 1. The molecule has 2 aliphatic rings. The summed E-state index contributed by atoms with van der Waals surface area (Å²) in [6.07, 6.45) is 0. The fraction of sp³-hybridized carbons (Fsp3) is 0.148. The van der Waals surface area contributed by atoms with Crippen LogP contribution in [0, 0.1) is 0 Å². The highest BCUT2D eigenvalue weighted by atomic mass is 35.5. The summed E-state index contributed by atoms with van der Waals surface area (Å²) in [7, 11) is 0. The van der Waals surface area contributed by atoms with Gasteiger partial charge in [0, 0.05) is 26.9 Å². The summed E-state index contributed by atoms with van der Waals surface area (Å²) in [6.45, 7) is 1.43. The average Bonchev–Trinajstić information content (AvgIpc) is 3.00. The molecule has 0 fully saturated rings. The number of hydrogen-bond acceptors (Lipinski definition) is 5. The van der Waals surface area contributed by atoms with E-state index in [0.29, 0.717) is 38.4 Å². The highest BCUT2D eigenvalue weighted by molar-refractivity contribution is 6.37. The van der Waals surface area contributed by atoms with Gasteiger partial charge in [-0.15, -0.1) is 0 Å². The second-order valence-electron chi connectivity index (χ2n) is 8.42. The SMILES string of the molecule is CC(N=C1CN=C(c2ccccc2Cl)c2cc(Cl)ccc2N1)C(=O)CN1C(=O)c2ccccc2C1=O. The Kier molecular flexibility index (Phi) is 6.43. The van der Waals surface area contributed by atoms with E-state index in [1.54, 1.807) is 49.4 Å². The average molecular weight is 519 g/mol. The van der Waals surface area contributed by atoms with E-state index in [2.05, 4.69) is 10.3 Å². The van der Waals surface area contributed by atoms with E-state index in [0.717, 1.165) is 16.0 Å². The quantitative estimate of drug-likeness (QED) is 0.485. The molecule has 1 unspecified atom stereocenters. The first-order chi connectivity index (χ1) is 17.3. The van der Waals surface area contributed by atoms with E-state index in [1.807, 2.05) is 24.3 Å². The van der Waals surface area contributed by atoms with E-state index in [1.165, 1.54) is 0 Å². The van der Waals surface area contributed by atoms with Crippen LogP contribution in [0.4, 0.5) is 5.69 Å². The minimum atomic E-state index is -0.815. The van der Waals surface area contributed by atoms with Gasteiger partial charge in [-0.3, -0.25) is 29.3 Å². The van der Waals surface area contributed by atoms with E-state index >= 15 is 0 Å². The Bertz CT molecular complexity index is 1450. The number of hydrogen-bond donors (Lipinski definition) is 1. The molecule has 0 saturated heterocycles. The number of carbonyl (C=O) groups excluding carboxylic acids is 3. The van der Waals surface area contributed by atoms with Crippen molar-refractivity contribution in [2.75, 3.05) is 18.4 Å². The number of carbonyl (C=O) groups is 3. The van der Waals surface area contributed by atoms with Crippen LogP contribution in [0.5, 0.6) is 0 Å². The topological polar surface area (TPSA) is 91.2 Å². The molecule has 3 aromatic rings. The smallest absolute Gasteiger partial charge is 0.261 e. The van der Waals surface area contributed by atoms with Gasteiger partial charge < -0.3 is 5.32 Å². The summed E-state index contributed by atoms with van der Waals surface area (Å²) >= 11 is 12.7. The molecule has 1 N–H and O–H groups in total. The number of nitrogens with one attached hydrogen (secondary N) is 1. The van der Waals surface area contributed by atoms with Gasteiger partial charge in [-0.25, -0.2) is 0 Å². The first-order valence-corrected chi connectivity index (χ1v) is 12.0. The van der Waals surface area contributed by atoms with E-state index < -0.39 is 17.9 Å². The Labute approximate surface area is 217 Å². The van der Waals surface area contributed by atoms with Gasteiger partial charge in [0.25, 0.3) is 11.8 Å². The molecule has 9 heteroatoms. The van der Waals surface area contributed by atoms with Gasteiger partial charge in [-0.2, -0.15) is 0 Å². The number of imide groups is 1. The molecular weight excluding hydrogens is 499 g/mol. The van der Waals surface area contributed by atoms with Crippen molar-refractivity contribution < 1.29 is 14.4 Å². The van der Waals surface area contributed by atoms with E-state index in [9.17, 15) is 14.4 Å². The molecule has 2 heterocycles. The summed E-state index contributed by atoms with van der Waals surface area (Å²) in [5, 5.41) is 4.34. The lowest BCUT2D eigenvalue weighted by molar-refractivity contribution is -0.120. The summed E-state index contributed by atoms with van der Waals surface area (Å²) in [5.41, 5.74) is 3.48. The number of rotatable bonds is 5. The Hall–Kier alpha value is -3.81. The molecule has 0 spiro atoms. The van der Waals surface area contributed by atoms with Gasteiger partial charge in [0.1, 0.15) is 11.9 Å². The first-order valence-electron chi connectivity index (χ1n) is 11.2. The second kappa shape index (κ2) is 9.68. The lowest BCUT2D eigenvalue weighted by Crippen LogP contribution is -2.38. The van der Waals surface area contributed by atoms with Gasteiger partial charge in [-0.05, 0) is 43.3 Å². The van der Waals surface area contributed by atoms with Crippen LogP contribution >= 0.6 is 23.2 Å². The molecule has 0 aromatic heterocycles. The Morgan fingerprint density at radius 1 is 0.972 bits per heavy atom. The lowest BCUT2D eigenvalue weighted by Gasteiger charge is -2.16. The first kappa shape index (κ1) is 23.9. The molecule has 180 valence electrons. The molecule has 2 amide bonds.